The van der Waals surface area contributed by atoms with E-state index in [4.69, 9.17) is 4.74 Å². The largest absolute Gasteiger partial charge is 0.495 e. The minimum atomic E-state index is 0.967. The molecule has 1 aromatic carbocycles. The van der Waals surface area contributed by atoms with E-state index in [1.165, 1.54) is 5.69 Å². The molecule has 5 nitrogen and oxygen atoms in total. The zero-order chi connectivity index (χ0) is 14.0. The van der Waals surface area contributed by atoms with Gasteiger partial charge in [-0.3, -0.25) is 0 Å². The minimum absolute atomic E-state index is 0.967. The maximum atomic E-state index is 5.34. The van der Waals surface area contributed by atoms with E-state index in [1.54, 1.807) is 7.11 Å². The Kier molecular flexibility index (Phi) is 6.63. The van der Waals surface area contributed by atoms with Crippen LogP contribution in [0.25, 0.3) is 0 Å². The highest BCUT2D eigenvalue weighted by Crippen LogP contribution is 2.27. The Bertz CT molecular complexity index is 364. The highest BCUT2D eigenvalue weighted by molar-refractivity contribution is 5.58. The molecular weight excluding hydrogens is 252 g/mol. The monoisotopic (exact) mass is 278 g/mol. The van der Waals surface area contributed by atoms with Crippen LogP contribution < -0.4 is 25.6 Å². The van der Waals surface area contributed by atoms with Gasteiger partial charge in [-0.15, -0.1) is 0 Å². The summed E-state index contributed by atoms with van der Waals surface area (Å²) in [4.78, 5) is 2.36. The van der Waals surface area contributed by atoms with Gasteiger partial charge in [0.05, 0.1) is 12.8 Å². The Balaban J connectivity index is 0.000000205. The maximum absolute atomic E-state index is 5.34. The molecule has 0 aliphatic carbocycles. The van der Waals surface area contributed by atoms with E-state index < -0.39 is 0 Å². The number of nitrogens with zero attached hydrogens (tertiary/aromatic N) is 1. The SMILES string of the molecule is C1CNCCN1.COc1ccccc1N1CCNCC1. The first-order valence-corrected chi connectivity index (χ1v) is 7.42. The number of hydrogen-bond donors (Lipinski definition) is 3. The molecule has 0 spiro atoms. The Hall–Kier alpha value is -1.30. The Morgan fingerprint density at radius 1 is 0.850 bits per heavy atom. The maximum Gasteiger partial charge on any atom is 0.142 e. The fourth-order valence-electron chi connectivity index (χ4n) is 2.40. The summed E-state index contributed by atoms with van der Waals surface area (Å²) < 4.78 is 5.34. The summed E-state index contributed by atoms with van der Waals surface area (Å²) in [6.45, 7) is 8.77. The van der Waals surface area contributed by atoms with Crippen molar-refractivity contribution in [3.05, 3.63) is 24.3 Å². The summed E-state index contributed by atoms with van der Waals surface area (Å²) in [5.41, 5.74) is 1.21. The number of hydrogen-bond acceptors (Lipinski definition) is 5. The molecule has 2 fully saturated rings. The predicted octanol–water partition coefficient (Wildman–Crippen LogP) is 0.284. The van der Waals surface area contributed by atoms with Crippen LogP contribution in [0.4, 0.5) is 5.69 Å². The average Bonchev–Trinajstić information content (AvgIpc) is 2.58. The zero-order valence-corrected chi connectivity index (χ0v) is 12.3. The van der Waals surface area contributed by atoms with E-state index >= 15 is 0 Å². The highest BCUT2D eigenvalue weighted by Gasteiger charge is 2.13. The van der Waals surface area contributed by atoms with E-state index in [9.17, 15) is 0 Å². The number of nitrogens with one attached hydrogen (secondary N) is 3. The quantitative estimate of drug-likeness (QED) is 0.726. The molecule has 0 amide bonds. The van der Waals surface area contributed by atoms with Gasteiger partial charge in [0.2, 0.25) is 0 Å². The second kappa shape index (κ2) is 8.79. The van der Waals surface area contributed by atoms with E-state index in [0.29, 0.717) is 0 Å². The van der Waals surface area contributed by atoms with Crippen molar-refractivity contribution in [1.29, 1.82) is 0 Å². The van der Waals surface area contributed by atoms with Gasteiger partial charge in [0.1, 0.15) is 5.75 Å². The van der Waals surface area contributed by atoms with Crippen LogP contribution in [0.2, 0.25) is 0 Å². The van der Waals surface area contributed by atoms with Crippen LogP contribution in [0.3, 0.4) is 0 Å². The normalized spacial score (nSPS) is 18.9. The van der Waals surface area contributed by atoms with Gasteiger partial charge in [-0.05, 0) is 12.1 Å². The van der Waals surface area contributed by atoms with Crippen molar-refractivity contribution in [2.75, 3.05) is 64.4 Å². The van der Waals surface area contributed by atoms with Gasteiger partial charge >= 0.3 is 0 Å². The van der Waals surface area contributed by atoms with Crippen LogP contribution in [0.5, 0.6) is 5.75 Å². The molecule has 2 heterocycles. The molecule has 0 saturated carbocycles. The lowest BCUT2D eigenvalue weighted by Crippen LogP contribution is -2.43. The molecule has 3 N–H and O–H groups in total. The Morgan fingerprint density at radius 3 is 1.95 bits per heavy atom. The molecule has 2 aliphatic heterocycles. The fourth-order valence-corrected chi connectivity index (χ4v) is 2.40. The number of methoxy groups -OCH3 is 1. The van der Waals surface area contributed by atoms with Gasteiger partial charge in [-0.2, -0.15) is 0 Å². The molecule has 1 aromatic rings. The zero-order valence-electron chi connectivity index (χ0n) is 12.3. The number of para-hydroxylation sites is 2. The number of piperazine rings is 2. The summed E-state index contributed by atoms with van der Waals surface area (Å²) in [6.07, 6.45) is 0. The third-order valence-corrected chi connectivity index (χ3v) is 3.50. The van der Waals surface area contributed by atoms with Crippen LogP contribution in [-0.4, -0.2) is 59.5 Å². The third-order valence-electron chi connectivity index (χ3n) is 3.50. The number of rotatable bonds is 2. The standard InChI is InChI=1S/C11H16N2O.C4H10N2/c1-14-11-5-3-2-4-10(11)13-8-6-12-7-9-13;1-2-6-4-3-5-1/h2-5,12H,6-9H2,1H3;5-6H,1-4H2. The molecule has 2 saturated heterocycles. The van der Waals surface area contributed by atoms with Crippen molar-refractivity contribution < 1.29 is 4.74 Å². The van der Waals surface area contributed by atoms with Crippen molar-refractivity contribution in [2.45, 2.75) is 0 Å². The Morgan fingerprint density at radius 2 is 1.40 bits per heavy atom. The topological polar surface area (TPSA) is 48.6 Å². The van der Waals surface area contributed by atoms with Gasteiger partial charge in [0, 0.05) is 52.4 Å². The molecule has 5 heteroatoms. The first-order chi connectivity index (χ1) is 9.92. The molecule has 0 bridgehead atoms. The average molecular weight is 278 g/mol. The summed E-state index contributed by atoms with van der Waals surface area (Å²) in [5.74, 6) is 0.967. The van der Waals surface area contributed by atoms with Gasteiger partial charge in [0.25, 0.3) is 0 Å². The van der Waals surface area contributed by atoms with Crippen molar-refractivity contribution in [2.24, 2.45) is 0 Å². The fraction of sp³-hybridized carbons (Fsp3) is 0.600. The molecule has 0 aromatic heterocycles. The van der Waals surface area contributed by atoms with Crippen LogP contribution in [0.1, 0.15) is 0 Å². The first kappa shape index (κ1) is 15.1. The lowest BCUT2D eigenvalue weighted by Gasteiger charge is -2.30. The van der Waals surface area contributed by atoms with Crippen LogP contribution in [-0.2, 0) is 0 Å². The second-order valence-corrected chi connectivity index (χ2v) is 4.91. The van der Waals surface area contributed by atoms with Gasteiger partial charge < -0.3 is 25.6 Å². The Labute approximate surface area is 121 Å². The summed E-state index contributed by atoms with van der Waals surface area (Å²) in [5, 5.41) is 9.78. The minimum Gasteiger partial charge on any atom is -0.495 e. The lowest BCUT2D eigenvalue weighted by molar-refractivity contribution is 0.413. The number of anilines is 1. The molecule has 0 radical (unpaired) electrons. The predicted molar refractivity (Wildman–Crippen MR) is 83.8 cm³/mol. The van der Waals surface area contributed by atoms with Crippen LogP contribution in [0.15, 0.2) is 24.3 Å². The van der Waals surface area contributed by atoms with Gasteiger partial charge in [-0.25, -0.2) is 0 Å². The second-order valence-electron chi connectivity index (χ2n) is 4.91. The summed E-state index contributed by atoms with van der Waals surface area (Å²) in [6, 6.07) is 8.19. The van der Waals surface area contributed by atoms with E-state index in [0.717, 1.165) is 58.1 Å². The molecule has 2 aliphatic rings. The molecule has 112 valence electrons. The van der Waals surface area contributed by atoms with Crippen molar-refractivity contribution in [1.82, 2.24) is 16.0 Å². The lowest BCUT2D eigenvalue weighted by atomic mass is 10.2. The van der Waals surface area contributed by atoms with Crippen molar-refractivity contribution in [3.63, 3.8) is 0 Å². The van der Waals surface area contributed by atoms with Crippen LogP contribution >= 0.6 is 0 Å². The molecular formula is C15H26N4O. The van der Waals surface area contributed by atoms with Crippen LogP contribution in [0, 0.1) is 0 Å². The number of ether oxygens (including phenoxy) is 1. The van der Waals surface area contributed by atoms with E-state index in [2.05, 4.69) is 33.0 Å². The molecule has 0 atom stereocenters. The summed E-state index contributed by atoms with van der Waals surface area (Å²) in [7, 11) is 1.72. The first-order valence-electron chi connectivity index (χ1n) is 7.42. The van der Waals surface area contributed by atoms with Crippen molar-refractivity contribution in [3.8, 4) is 5.75 Å². The molecule has 20 heavy (non-hydrogen) atoms. The highest BCUT2D eigenvalue weighted by atomic mass is 16.5. The van der Waals surface area contributed by atoms with Gasteiger partial charge in [0.15, 0.2) is 0 Å². The molecule has 3 rings (SSSR count). The third kappa shape index (κ3) is 4.67. The van der Waals surface area contributed by atoms with E-state index in [-0.39, 0.29) is 0 Å². The van der Waals surface area contributed by atoms with E-state index in [1.807, 2.05) is 12.1 Å². The number of benzene rings is 1. The van der Waals surface area contributed by atoms with Gasteiger partial charge in [-0.1, -0.05) is 12.1 Å². The summed E-state index contributed by atoms with van der Waals surface area (Å²) >= 11 is 0. The molecule has 0 unspecified atom stereocenters. The van der Waals surface area contributed by atoms with Crippen molar-refractivity contribution >= 4 is 5.69 Å². The smallest absolute Gasteiger partial charge is 0.142 e.